The van der Waals surface area contributed by atoms with E-state index in [9.17, 15) is 0 Å². The van der Waals surface area contributed by atoms with Gasteiger partial charge in [-0.3, -0.25) is 0 Å². The summed E-state index contributed by atoms with van der Waals surface area (Å²) in [6, 6.07) is 10.7. The lowest BCUT2D eigenvalue weighted by molar-refractivity contribution is 0.267. The molecule has 1 aromatic carbocycles. The first kappa shape index (κ1) is 13.4. The van der Waals surface area contributed by atoms with Gasteiger partial charge in [-0.2, -0.15) is 0 Å². The molecule has 0 heterocycles. The average Bonchev–Trinajstić information content (AvgIpc) is 2.19. The number of aliphatic hydroxyl groups excluding tert-OH is 1. The first-order valence-electron chi connectivity index (χ1n) is 4.69. The van der Waals surface area contributed by atoms with Crippen molar-refractivity contribution in [3.8, 4) is 0 Å². The van der Waals surface area contributed by atoms with Crippen molar-refractivity contribution in [2.75, 3.05) is 13.7 Å². The third-order valence-corrected chi connectivity index (χ3v) is 2.21. The van der Waals surface area contributed by atoms with Crippen LogP contribution in [0.5, 0.6) is 0 Å². The number of likely N-dealkylation sites (N-methyl/N-ethyl adjacent to an activating group) is 1. The number of aliphatic hydroxyl groups is 1. The molecule has 0 aliphatic carbocycles. The van der Waals surface area contributed by atoms with Crippen LogP contribution in [0.15, 0.2) is 30.3 Å². The predicted octanol–water partition coefficient (Wildman–Crippen LogP) is 1.62. The fraction of sp³-hybridized carbons (Fsp3) is 0.455. The predicted molar refractivity (Wildman–Crippen MR) is 61.9 cm³/mol. The molecule has 1 atom stereocenters. The maximum atomic E-state index is 8.81. The average molecular weight is 216 g/mol. The standard InChI is InChI=1S/C11H17NO.ClH/c1-12-11(7-8-13)9-10-5-3-2-4-6-10;/h2-6,11-13H,7-9H2,1H3;1H. The summed E-state index contributed by atoms with van der Waals surface area (Å²) >= 11 is 0. The van der Waals surface area contributed by atoms with Gasteiger partial charge in [-0.15, -0.1) is 12.4 Å². The molecule has 1 aromatic rings. The van der Waals surface area contributed by atoms with Crippen LogP contribution >= 0.6 is 12.4 Å². The van der Waals surface area contributed by atoms with Gasteiger partial charge in [0, 0.05) is 12.6 Å². The lowest BCUT2D eigenvalue weighted by Gasteiger charge is -2.14. The zero-order valence-corrected chi connectivity index (χ0v) is 9.26. The topological polar surface area (TPSA) is 32.3 Å². The van der Waals surface area contributed by atoms with Crippen LogP contribution in [0, 0.1) is 0 Å². The van der Waals surface area contributed by atoms with Crippen molar-refractivity contribution in [1.29, 1.82) is 0 Å². The van der Waals surface area contributed by atoms with Crippen molar-refractivity contribution in [2.45, 2.75) is 18.9 Å². The summed E-state index contributed by atoms with van der Waals surface area (Å²) in [6.45, 7) is 0.248. The molecule has 1 rings (SSSR count). The minimum absolute atomic E-state index is 0. The highest BCUT2D eigenvalue weighted by Gasteiger charge is 2.05. The number of nitrogens with one attached hydrogen (secondary N) is 1. The number of benzene rings is 1. The molecule has 0 aliphatic rings. The Kier molecular flexibility index (Phi) is 7.48. The minimum atomic E-state index is 0. The van der Waals surface area contributed by atoms with Gasteiger partial charge >= 0.3 is 0 Å². The lowest BCUT2D eigenvalue weighted by Crippen LogP contribution is -2.28. The van der Waals surface area contributed by atoms with Crippen molar-refractivity contribution >= 4 is 12.4 Å². The molecule has 0 bridgehead atoms. The normalized spacial score (nSPS) is 11.9. The van der Waals surface area contributed by atoms with Crippen LogP contribution < -0.4 is 5.32 Å². The van der Waals surface area contributed by atoms with Gasteiger partial charge in [-0.05, 0) is 25.5 Å². The van der Waals surface area contributed by atoms with E-state index >= 15 is 0 Å². The van der Waals surface area contributed by atoms with Crippen LogP contribution in [0.4, 0.5) is 0 Å². The van der Waals surface area contributed by atoms with E-state index in [0.717, 1.165) is 12.8 Å². The van der Waals surface area contributed by atoms with E-state index in [1.165, 1.54) is 5.56 Å². The van der Waals surface area contributed by atoms with Gasteiger partial charge < -0.3 is 10.4 Å². The highest BCUT2D eigenvalue weighted by Crippen LogP contribution is 2.04. The van der Waals surface area contributed by atoms with Crippen molar-refractivity contribution in [2.24, 2.45) is 0 Å². The number of halogens is 1. The van der Waals surface area contributed by atoms with E-state index in [1.54, 1.807) is 0 Å². The van der Waals surface area contributed by atoms with E-state index in [0.29, 0.717) is 6.04 Å². The van der Waals surface area contributed by atoms with Crippen LogP contribution in [-0.4, -0.2) is 24.8 Å². The molecule has 2 nitrogen and oxygen atoms in total. The van der Waals surface area contributed by atoms with Gasteiger partial charge in [-0.1, -0.05) is 30.3 Å². The maximum absolute atomic E-state index is 8.81. The van der Waals surface area contributed by atoms with Gasteiger partial charge in [0.25, 0.3) is 0 Å². The molecule has 0 aromatic heterocycles. The first-order chi connectivity index (χ1) is 6.36. The van der Waals surface area contributed by atoms with Crippen molar-refractivity contribution in [3.63, 3.8) is 0 Å². The second-order valence-electron chi connectivity index (χ2n) is 3.19. The lowest BCUT2D eigenvalue weighted by atomic mass is 10.0. The summed E-state index contributed by atoms with van der Waals surface area (Å²) in [6.07, 6.45) is 1.79. The molecular weight excluding hydrogens is 198 g/mol. The molecule has 0 aliphatic heterocycles. The smallest absolute Gasteiger partial charge is 0.0445 e. The first-order valence-corrected chi connectivity index (χ1v) is 4.69. The number of hydrogen-bond donors (Lipinski definition) is 2. The van der Waals surface area contributed by atoms with E-state index in [4.69, 9.17) is 5.11 Å². The molecule has 0 fully saturated rings. The second kappa shape index (κ2) is 7.80. The Morgan fingerprint density at radius 2 is 1.93 bits per heavy atom. The second-order valence-corrected chi connectivity index (χ2v) is 3.19. The Morgan fingerprint density at radius 3 is 2.43 bits per heavy atom. The Bertz CT molecular complexity index is 228. The molecule has 0 radical (unpaired) electrons. The Balaban J connectivity index is 0.00000169. The Hall–Kier alpha value is -0.570. The summed E-state index contributed by atoms with van der Waals surface area (Å²) in [5, 5.41) is 12.0. The number of hydrogen-bond acceptors (Lipinski definition) is 2. The molecule has 14 heavy (non-hydrogen) atoms. The summed E-state index contributed by atoms with van der Waals surface area (Å²) in [5.41, 5.74) is 1.32. The zero-order valence-electron chi connectivity index (χ0n) is 8.44. The van der Waals surface area contributed by atoms with Gasteiger partial charge in [-0.25, -0.2) is 0 Å². The summed E-state index contributed by atoms with van der Waals surface area (Å²) < 4.78 is 0. The Labute approximate surface area is 91.8 Å². The van der Waals surface area contributed by atoms with Crippen LogP contribution in [0.25, 0.3) is 0 Å². The zero-order chi connectivity index (χ0) is 9.52. The maximum Gasteiger partial charge on any atom is 0.0445 e. The van der Waals surface area contributed by atoms with Gasteiger partial charge in [0.1, 0.15) is 0 Å². The van der Waals surface area contributed by atoms with E-state index in [1.807, 2.05) is 25.2 Å². The third-order valence-electron chi connectivity index (χ3n) is 2.21. The van der Waals surface area contributed by atoms with Crippen LogP contribution in [-0.2, 0) is 6.42 Å². The molecule has 3 heteroatoms. The summed E-state index contributed by atoms with van der Waals surface area (Å²) in [5.74, 6) is 0. The van der Waals surface area contributed by atoms with Crippen molar-refractivity contribution in [3.05, 3.63) is 35.9 Å². The molecule has 0 saturated heterocycles. The monoisotopic (exact) mass is 215 g/mol. The molecule has 0 spiro atoms. The van der Waals surface area contributed by atoms with Gasteiger partial charge in [0.15, 0.2) is 0 Å². The minimum Gasteiger partial charge on any atom is -0.396 e. The fourth-order valence-corrected chi connectivity index (χ4v) is 1.40. The fourth-order valence-electron chi connectivity index (χ4n) is 1.40. The van der Waals surface area contributed by atoms with Gasteiger partial charge in [0.2, 0.25) is 0 Å². The quantitative estimate of drug-likeness (QED) is 0.783. The van der Waals surface area contributed by atoms with E-state index < -0.39 is 0 Å². The molecular formula is C11H18ClNO. The van der Waals surface area contributed by atoms with Gasteiger partial charge in [0.05, 0.1) is 0 Å². The van der Waals surface area contributed by atoms with Crippen molar-refractivity contribution < 1.29 is 5.11 Å². The van der Waals surface area contributed by atoms with E-state index in [-0.39, 0.29) is 19.0 Å². The number of rotatable bonds is 5. The van der Waals surface area contributed by atoms with Crippen molar-refractivity contribution in [1.82, 2.24) is 5.32 Å². The molecule has 2 N–H and O–H groups in total. The molecule has 0 saturated carbocycles. The summed E-state index contributed by atoms with van der Waals surface area (Å²) in [7, 11) is 1.93. The molecule has 1 unspecified atom stereocenters. The SMILES string of the molecule is CNC(CCO)Cc1ccccc1.Cl. The Morgan fingerprint density at radius 1 is 1.29 bits per heavy atom. The highest BCUT2D eigenvalue weighted by molar-refractivity contribution is 5.85. The van der Waals surface area contributed by atoms with Crippen LogP contribution in [0.2, 0.25) is 0 Å². The highest BCUT2D eigenvalue weighted by atomic mass is 35.5. The summed E-state index contributed by atoms with van der Waals surface area (Å²) in [4.78, 5) is 0. The van der Waals surface area contributed by atoms with E-state index in [2.05, 4.69) is 17.4 Å². The largest absolute Gasteiger partial charge is 0.396 e. The van der Waals surface area contributed by atoms with Crippen LogP contribution in [0.1, 0.15) is 12.0 Å². The molecule has 80 valence electrons. The third kappa shape index (κ3) is 4.61. The van der Waals surface area contributed by atoms with Crippen LogP contribution in [0.3, 0.4) is 0 Å². The molecule has 0 amide bonds.